The van der Waals surface area contributed by atoms with E-state index in [1.807, 2.05) is 24.3 Å². The van der Waals surface area contributed by atoms with Crippen molar-refractivity contribution in [3.8, 4) is 17.2 Å². The van der Waals surface area contributed by atoms with E-state index >= 15 is 0 Å². The van der Waals surface area contributed by atoms with Gasteiger partial charge in [0.1, 0.15) is 0 Å². The number of benzene rings is 2. The molecule has 0 heterocycles. The third-order valence-corrected chi connectivity index (χ3v) is 4.44. The maximum absolute atomic E-state index is 8.87. The number of allylic oxidation sites excluding steroid dienone is 2. The van der Waals surface area contributed by atoms with Gasteiger partial charge >= 0.3 is 0 Å². The van der Waals surface area contributed by atoms with Crippen LogP contribution in [0.25, 0.3) is 11.1 Å². The molecule has 1 nitrogen and oxygen atoms in total. The zero-order chi connectivity index (χ0) is 17.4. The van der Waals surface area contributed by atoms with E-state index in [1.165, 1.54) is 36.0 Å². The fraction of sp³-hybridized carbons (Fsp3) is 0.348. The third kappa shape index (κ3) is 5.70. The largest absolute Gasteiger partial charge is 0.192 e. The minimum atomic E-state index is 0.706. The van der Waals surface area contributed by atoms with Crippen molar-refractivity contribution in [3.05, 3.63) is 71.3 Å². The quantitative estimate of drug-likeness (QED) is 0.532. The number of hydrogen-bond donors (Lipinski definition) is 0. The maximum Gasteiger partial charge on any atom is 0.0991 e. The molecule has 2 aromatic rings. The Morgan fingerprint density at radius 2 is 1.54 bits per heavy atom. The van der Waals surface area contributed by atoms with Crippen molar-refractivity contribution >= 4 is 0 Å². The average molecular weight is 317 g/mol. The van der Waals surface area contributed by atoms with Gasteiger partial charge in [-0.15, -0.1) is 0 Å². The molecule has 2 rings (SSSR count). The highest BCUT2D eigenvalue weighted by Gasteiger charge is 2.03. The molecule has 0 unspecified atom stereocenters. The lowest BCUT2D eigenvalue weighted by atomic mass is 9.95. The van der Waals surface area contributed by atoms with Gasteiger partial charge in [-0.1, -0.05) is 55.0 Å². The summed E-state index contributed by atoms with van der Waals surface area (Å²) >= 11 is 0. The first-order valence-electron chi connectivity index (χ1n) is 8.81. The molecule has 0 bridgehead atoms. The third-order valence-electron chi connectivity index (χ3n) is 4.44. The molecule has 24 heavy (non-hydrogen) atoms. The zero-order valence-corrected chi connectivity index (χ0v) is 15.0. The van der Waals surface area contributed by atoms with Gasteiger partial charge in [-0.3, -0.25) is 0 Å². The van der Waals surface area contributed by atoms with Crippen molar-refractivity contribution in [1.29, 1.82) is 5.26 Å². The van der Waals surface area contributed by atoms with Gasteiger partial charge in [0.05, 0.1) is 11.6 Å². The summed E-state index contributed by atoms with van der Waals surface area (Å²) in [5.41, 5.74) is 5.90. The van der Waals surface area contributed by atoms with Crippen molar-refractivity contribution < 1.29 is 0 Å². The minimum Gasteiger partial charge on any atom is -0.192 e. The first-order valence-corrected chi connectivity index (χ1v) is 8.81. The number of nitrogens with zero attached hydrogens (tertiary/aromatic N) is 1. The van der Waals surface area contributed by atoms with Crippen LogP contribution in [0.2, 0.25) is 0 Å². The fourth-order valence-corrected chi connectivity index (χ4v) is 2.82. The molecule has 0 N–H and O–H groups in total. The Kier molecular flexibility index (Phi) is 6.82. The zero-order valence-electron chi connectivity index (χ0n) is 15.0. The van der Waals surface area contributed by atoms with E-state index < -0.39 is 0 Å². The van der Waals surface area contributed by atoms with E-state index in [9.17, 15) is 0 Å². The molecular weight excluding hydrogens is 290 g/mol. The molecule has 0 saturated heterocycles. The van der Waals surface area contributed by atoms with Crippen LogP contribution in [0.1, 0.15) is 51.2 Å². The minimum absolute atomic E-state index is 0.706. The van der Waals surface area contributed by atoms with Crippen molar-refractivity contribution in [2.75, 3.05) is 0 Å². The van der Waals surface area contributed by atoms with Gasteiger partial charge in [0, 0.05) is 0 Å². The van der Waals surface area contributed by atoms with Crippen LogP contribution in [0.3, 0.4) is 0 Å². The lowest BCUT2D eigenvalue weighted by molar-refractivity contribution is 0.497. The van der Waals surface area contributed by atoms with Crippen molar-refractivity contribution in [2.24, 2.45) is 5.92 Å². The Hall–Kier alpha value is -2.33. The van der Waals surface area contributed by atoms with E-state index in [1.54, 1.807) is 0 Å². The Morgan fingerprint density at radius 1 is 0.958 bits per heavy atom. The number of rotatable bonds is 7. The van der Waals surface area contributed by atoms with Gasteiger partial charge in [0.2, 0.25) is 0 Å². The van der Waals surface area contributed by atoms with E-state index in [0.717, 1.165) is 17.9 Å². The Morgan fingerprint density at radius 3 is 2.08 bits per heavy atom. The predicted octanol–water partition coefficient (Wildman–Crippen LogP) is 6.54. The van der Waals surface area contributed by atoms with E-state index in [2.05, 4.69) is 57.2 Å². The summed E-state index contributed by atoms with van der Waals surface area (Å²) in [4.78, 5) is 0. The summed E-state index contributed by atoms with van der Waals surface area (Å²) in [6.45, 7) is 6.68. The highest BCUT2D eigenvalue weighted by Crippen LogP contribution is 2.22. The second-order valence-corrected chi connectivity index (χ2v) is 6.89. The number of hydrogen-bond acceptors (Lipinski definition) is 1. The maximum atomic E-state index is 8.87. The summed E-state index contributed by atoms with van der Waals surface area (Å²) in [6, 6.07) is 18.8. The van der Waals surface area contributed by atoms with Crippen LogP contribution in [-0.4, -0.2) is 0 Å². The van der Waals surface area contributed by atoms with Crippen molar-refractivity contribution in [3.63, 3.8) is 0 Å². The van der Waals surface area contributed by atoms with Gasteiger partial charge in [-0.2, -0.15) is 5.26 Å². The molecular formula is C23H27N. The van der Waals surface area contributed by atoms with Gasteiger partial charge in [-0.25, -0.2) is 0 Å². The Bertz CT molecular complexity index is 695. The molecule has 0 amide bonds. The summed E-state index contributed by atoms with van der Waals surface area (Å²) < 4.78 is 0. The molecule has 0 fully saturated rings. The summed E-state index contributed by atoms with van der Waals surface area (Å²) in [5.74, 6) is 0.763. The van der Waals surface area contributed by atoms with Crippen LogP contribution in [-0.2, 0) is 6.42 Å². The lowest BCUT2D eigenvalue weighted by Gasteiger charge is -2.10. The van der Waals surface area contributed by atoms with Crippen LogP contribution in [0.4, 0.5) is 0 Å². The molecule has 0 aromatic heterocycles. The smallest absolute Gasteiger partial charge is 0.0991 e. The van der Waals surface area contributed by atoms with E-state index in [-0.39, 0.29) is 0 Å². The van der Waals surface area contributed by atoms with Crippen LogP contribution in [0.5, 0.6) is 0 Å². The van der Waals surface area contributed by atoms with Crippen LogP contribution < -0.4 is 0 Å². The van der Waals surface area contributed by atoms with Crippen molar-refractivity contribution in [2.45, 2.75) is 46.5 Å². The Balaban J connectivity index is 1.87. The van der Waals surface area contributed by atoms with Crippen LogP contribution in [0, 0.1) is 17.2 Å². The van der Waals surface area contributed by atoms with E-state index in [4.69, 9.17) is 5.26 Å². The molecule has 124 valence electrons. The number of nitriles is 1. The molecule has 1 atom stereocenters. The lowest BCUT2D eigenvalue weighted by Crippen LogP contribution is -1.97. The monoisotopic (exact) mass is 317 g/mol. The average Bonchev–Trinajstić information content (AvgIpc) is 2.60. The second-order valence-electron chi connectivity index (χ2n) is 6.89. The highest BCUT2D eigenvalue weighted by atomic mass is 14.2. The molecule has 0 aliphatic heterocycles. The summed E-state index contributed by atoms with van der Waals surface area (Å²) in [6.07, 6.45) is 7.19. The van der Waals surface area contributed by atoms with Gasteiger partial charge < -0.3 is 0 Å². The van der Waals surface area contributed by atoms with Crippen LogP contribution >= 0.6 is 0 Å². The topological polar surface area (TPSA) is 23.8 Å². The second kappa shape index (κ2) is 9.08. The van der Waals surface area contributed by atoms with Gasteiger partial charge in [0.15, 0.2) is 0 Å². The van der Waals surface area contributed by atoms with Gasteiger partial charge in [-0.05, 0) is 74.3 Å². The molecule has 0 spiro atoms. The van der Waals surface area contributed by atoms with Crippen LogP contribution in [0.15, 0.2) is 60.2 Å². The first kappa shape index (κ1) is 18.0. The normalized spacial score (nSPS) is 11.6. The summed E-state index contributed by atoms with van der Waals surface area (Å²) in [7, 11) is 0. The molecule has 0 aliphatic rings. The highest BCUT2D eigenvalue weighted by molar-refractivity contribution is 5.64. The molecule has 2 aromatic carbocycles. The van der Waals surface area contributed by atoms with E-state index in [0.29, 0.717) is 5.56 Å². The SMILES string of the molecule is CC(C)=CCC[C@@H](C)CCc1ccc(-c2ccc(C#N)cc2)cc1. The molecule has 0 radical (unpaired) electrons. The van der Waals surface area contributed by atoms with Gasteiger partial charge in [0.25, 0.3) is 0 Å². The predicted molar refractivity (Wildman–Crippen MR) is 103 cm³/mol. The molecule has 0 aliphatic carbocycles. The first-order chi connectivity index (χ1) is 11.6. The molecule has 0 saturated carbocycles. The molecule has 1 heteroatoms. The van der Waals surface area contributed by atoms with Crippen molar-refractivity contribution in [1.82, 2.24) is 0 Å². The fourth-order valence-electron chi connectivity index (χ4n) is 2.82. The summed E-state index contributed by atoms with van der Waals surface area (Å²) in [5, 5.41) is 8.87. The standard InChI is InChI=1S/C23H27N/c1-18(2)5-4-6-19(3)7-8-20-9-13-22(14-10-20)23-15-11-21(17-24)12-16-23/h5,9-16,19H,4,6-8H2,1-3H3/t19-/m1/s1. The Labute approximate surface area is 146 Å². The number of aryl methyl sites for hydroxylation is 1.